The van der Waals surface area contributed by atoms with E-state index in [4.69, 9.17) is 21.7 Å². The summed E-state index contributed by atoms with van der Waals surface area (Å²) in [5, 5.41) is 3.20. The average Bonchev–Trinajstić information content (AvgIpc) is 3.01. The van der Waals surface area contributed by atoms with Gasteiger partial charge >= 0.3 is 0 Å². The molecule has 2 amide bonds. The zero-order valence-electron chi connectivity index (χ0n) is 13.8. The van der Waals surface area contributed by atoms with E-state index in [0.717, 1.165) is 0 Å². The number of benzene rings is 1. The lowest BCUT2D eigenvalue weighted by molar-refractivity contribution is -0.126. The highest BCUT2D eigenvalue weighted by Crippen LogP contribution is 2.35. The van der Waals surface area contributed by atoms with Gasteiger partial charge in [0.25, 0.3) is 0 Å². The monoisotopic (exact) mass is 364 g/mol. The second-order valence-electron chi connectivity index (χ2n) is 5.71. The van der Waals surface area contributed by atoms with Crippen LogP contribution in [0.15, 0.2) is 18.2 Å². The number of nitrogens with one attached hydrogen (secondary N) is 3. The van der Waals surface area contributed by atoms with E-state index < -0.39 is 5.92 Å². The maximum Gasteiger partial charge on any atom is 0.243 e. The first-order valence-electron chi connectivity index (χ1n) is 8.12. The topological polar surface area (TPSA) is 91.9 Å². The minimum absolute atomic E-state index is 0.105. The van der Waals surface area contributed by atoms with Crippen molar-refractivity contribution < 1.29 is 19.1 Å². The van der Waals surface area contributed by atoms with E-state index in [9.17, 15) is 9.59 Å². The molecule has 3 N–H and O–H groups in total. The van der Waals surface area contributed by atoms with Crippen LogP contribution in [0.2, 0.25) is 0 Å². The van der Waals surface area contributed by atoms with E-state index in [-0.39, 0.29) is 18.2 Å². The van der Waals surface area contributed by atoms with Crippen LogP contribution in [0.25, 0.3) is 0 Å². The standard InChI is InChI=1S/C16H20N4O4S/c1-2-17-16(25)19-18-15(22)10-7-14(21)20(9-10)11-3-4-12-13(8-11)24-6-5-23-12/h3-4,8,10H,2,5-7,9H2,1H3,(H,18,22)(H2,17,19,25)/t10-/m1/s1. The van der Waals surface area contributed by atoms with Crippen molar-refractivity contribution in [1.82, 2.24) is 16.2 Å². The Morgan fingerprint density at radius 3 is 2.80 bits per heavy atom. The van der Waals surface area contributed by atoms with Crippen molar-refractivity contribution in [2.45, 2.75) is 13.3 Å². The summed E-state index contributed by atoms with van der Waals surface area (Å²) in [6, 6.07) is 5.34. The average molecular weight is 364 g/mol. The Bertz CT molecular complexity index is 697. The van der Waals surface area contributed by atoms with Crippen LogP contribution in [0.3, 0.4) is 0 Å². The number of thiocarbonyl (C=S) groups is 1. The molecular formula is C16H20N4O4S. The van der Waals surface area contributed by atoms with Gasteiger partial charge in [-0.3, -0.25) is 20.4 Å². The van der Waals surface area contributed by atoms with Crippen molar-refractivity contribution in [2.24, 2.45) is 5.92 Å². The molecule has 2 aliphatic rings. The van der Waals surface area contributed by atoms with Gasteiger partial charge in [0.15, 0.2) is 16.6 Å². The van der Waals surface area contributed by atoms with E-state index >= 15 is 0 Å². The van der Waals surface area contributed by atoms with Gasteiger partial charge in [0.2, 0.25) is 11.8 Å². The summed E-state index contributed by atoms with van der Waals surface area (Å²) in [6.07, 6.45) is 0.149. The molecule has 0 aliphatic carbocycles. The molecule has 1 aromatic rings. The highest BCUT2D eigenvalue weighted by molar-refractivity contribution is 7.80. The molecule has 9 heteroatoms. The predicted octanol–water partition coefficient (Wildman–Crippen LogP) is 0.326. The fraction of sp³-hybridized carbons (Fsp3) is 0.438. The number of hydrogen-bond acceptors (Lipinski definition) is 5. The highest BCUT2D eigenvalue weighted by Gasteiger charge is 2.35. The van der Waals surface area contributed by atoms with Crippen LogP contribution < -0.4 is 30.5 Å². The second-order valence-corrected chi connectivity index (χ2v) is 6.12. The van der Waals surface area contributed by atoms with Crippen molar-refractivity contribution in [3.8, 4) is 11.5 Å². The Morgan fingerprint density at radius 1 is 1.28 bits per heavy atom. The summed E-state index contributed by atoms with van der Waals surface area (Å²) >= 11 is 4.99. The number of hydrazine groups is 1. The Balaban J connectivity index is 1.62. The highest BCUT2D eigenvalue weighted by atomic mass is 32.1. The number of nitrogens with zero attached hydrogens (tertiary/aromatic N) is 1. The van der Waals surface area contributed by atoms with Gasteiger partial charge in [0.05, 0.1) is 5.92 Å². The van der Waals surface area contributed by atoms with Crippen molar-refractivity contribution in [3.63, 3.8) is 0 Å². The van der Waals surface area contributed by atoms with E-state index in [1.807, 2.05) is 6.92 Å². The van der Waals surface area contributed by atoms with E-state index in [0.29, 0.717) is 48.6 Å². The lowest BCUT2D eigenvalue weighted by atomic mass is 10.1. The zero-order valence-corrected chi connectivity index (χ0v) is 14.6. The molecule has 0 radical (unpaired) electrons. The number of carbonyl (C=O) groups excluding carboxylic acids is 2. The van der Waals surface area contributed by atoms with Gasteiger partial charge in [-0.15, -0.1) is 0 Å². The van der Waals surface area contributed by atoms with Crippen LogP contribution in [-0.2, 0) is 9.59 Å². The molecule has 1 aromatic carbocycles. The quantitative estimate of drug-likeness (QED) is 0.526. The van der Waals surface area contributed by atoms with E-state index in [1.165, 1.54) is 0 Å². The normalized spacial score (nSPS) is 18.7. The molecule has 0 saturated carbocycles. The number of hydrogen-bond donors (Lipinski definition) is 3. The summed E-state index contributed by atoms with van der Waals surface area (Å²) in [5.74, 6) is 0.455. The van der Waals surface area contributed by atoms with E-state index in [1.54, 1.807) is 23.1 Å². The van der Waals surface area contributed by atoms with Crippen LogP contribution in [0, 0.1) is 5.92 Å². The molecule has 3 rings (SSSR count). The fourth-order valence-electron chi connectivity index (χ4n) is 2.76. The molecule has 0 spiro atoms. The summed E-state index contributed by atoms with van der Waals surface area (Å²) in [7, 11) is 0. The van der Waals surface area contributed by atoms with Crippen LogP contribution in [0.5, 0.6) is 11.5 Å². The molecule has 2 heterocycles. The number of anilines is 1. The van der Waals surface area contributed by atoms with Crippen molar-refractivity contribution in [2.75, 3.05) is 31.2 Å². The second kappa shape index (κ2) is 7.56. The summed E-state index contributed by atoms with van der Waals surface area (Å²) in [6.45, 7) is 3.85. The Hall–Kier alpha value is -2.55. The van der Waals surface area contributed by atoms with E-state index in [2.05, 4.69) is 16.2 Å². The molecule has 25 heavy (non-hydrogen) atoms. The molecule has 8 nitrogen and oxygen atoms in total. The molecular weight excluding hydrogens is 344 g/mol. The van der Waals surface area contributed by atoms with Crippen LogP contribution in [-0.4, -0.2) is 43.2 Å². The number of amides is 2. The van der Waals surface area contributed by atoms with Crippen LogP contribution >= 0.6 is 12.2 Å². The van der Waals surface area contributed by atoms with Gasteiger partial charge in [-0.05, 0) is 31.3 Å². The van der Waals surface area contributed by atoms with Gasteiger partial charge in [0, 0.05) is 31.3 Å². The number of ether oxygens (including phenoxy) is 2. The molecule has 1 atom stereocenters. The zero-order chi connectivity index (χ0) is 17.8. The van der Waals surface area contributed by atoms with Crippen molar-refractivity contribution in [3.05, 3.63) is 18.2 Å². The number of rotatable bonds is 3. The van der Waals surface area contributed by atoms with Gasteiger partial charge in [-0.25, -0.2) is 0 Å². The Kier molecular flexibility index (Phi) is 5.22. The molecule has 1 saturated heterocycles. The number of fused-ring (bicyclic) bond motifs is 1. The van der Waals surface area contributed by atoms with Crippen LogP contribution in [0.4, 0.5) is 5.69 Å². The van der Waals surface area contributed by atoms with Crippen molar-refractivity contribution in [1.29, 1.82) is 0 Å². The third-order valence-corrected chi connectivity index (χ3v) is 4.22. The van der Waals surface area contributed by atoms with Gasteiger partial charge in [-0.1, -0.05) is 0 Å². The third kappa shape index (κ3) is 3.93. The lowest BCUT2D eigenvalue weighted by Crippen LogP contribution is -2.49. The molecule has 0 unspecified atom stereocenters. The predicted molar refractivity (Wildman–Crippen MR) is 95.4 cm³/mol. The van der Waals surface area contributed by atoms with Gasteiger partial charge in [0.1, 0.15) is 13.2 Å². The Labute approximate surface area is 150 Å². The van der Waals surface area contributed by atoms with Gasteiger partial charge in [-0.2, -0.15) is 0 Å². The molecule has 0 aromatic heterocycles. The first kappa shape index (κ1) is 17.3. The lowest BCUT2D eigenvalue weighted by Gasteiger charge is -2.22. The minimum atomic E-state index is -0.447. The first-order valence-corrected chi connectivity index (χ1v) is 8.53. The molecule has 134 valence electrons. The van der Waals surface area contributed by atoms with Crippen LogP contribution in [0.1, 0.15) is 13.3 Å². The molecule has 1 fully saturated rings. The number of carbonyl (C=O) groups is 2. The smallest absolute Gasteiger partial charge is 0.243 e. The minimum Gasteiger partial charge on any atom is -0.486 e. The maximum absolute atomic E-state index is 12.3. The SMILES string of the molecule is CCNC(=S)NNC(=O)[C@@H]1CC(=O)N(c2ccc3c(c2)OCCO3)C1. The summed E-state index contributed by atoms with van der Waals surface area (Å²) in [5.41, 5.74) is 5.86. The first-order chi connectivity index (χ1) is 12.1. The third-order valence-electron chi connectivity index (χ3n) is 3.97. The summed E-state index contributed by atoms with van der Waals surface area (Å²) < 4.78 is 11.0. The molecule has 0 bridgehead atoms. The largest absolute Gasteiger partial charge is 0.486 e. The Morgan fingerprint density at radius 2 is 2.04 bits per heavy atom. The fourth-order valence-corrected chi connectivity index (χ4v) is 2.95. The summed E-state index contributed by atoms with van der Waals surface area (Å²) in [4.78, 5) is 26.1. The van der Waals surface area contributed by atoms with Gasteiger partial charge < -0.3 is 19.7 Å². The maximum atomic E-state index is 12.3. The molecule has 2 aliphatic heterocycles. The van der Waals surface area contributed by atoms with Crippen molar-refractivity contribution >= 4 is 34.8 Å².